The van der Waals surface area contributed by atoms with Crippen molar-refractivity contribution in [1.29, 1.82) is 0 Å². The minimum absolute atomic E-state index is 0.0328. The van der Waals surface area contributed by atoms with Gasteiger partial charge >= 0.3 is 5.97 Å². The Kier molecular flexibility index (Phi) is 3.04. The van der Waals surface area contributed by atoms with Crippen LogP contribution in [0.15, 0.2) is 0 Å². The third kappa shape index (κ3) is 2.50. The van der Waals surface area contributed by atoms with Crippen LogP contribution in [0.2, 0.25) is 0 Å². The van der Waals surface area contributed by atoms with E-state index in [-0.39, 0.29) is 18.4 Å². The number of nitrogens with one attached hydrogen (secondary N) is 2. The number of amides is 1. The van der Waals surface area contributed by atoms with Crippen molar-refractivity contribution in [3.05, 3.63) is 0 Å². The maximum atomic E-state index is 11.0. The van der Waals surface area contributed by atoms with Gasteiger partial charge in [0.15, 0.2) is 0 Å². The maximum Gasteiger partial charge on any atom is 0.303 e. The molecule has 0 aromatic rings. The largest absolute Gasteiger partial charge is 0.481 e. The van der Waals surface area contributed by atoms with Crippen LogP contribution in [0.4, 0.5) is 0 Å². The van der Waals surface area contributed by atoms with E-state index in [4.69, 9.17) is 5.11 Å². The van der Waals surface area contributed by atoms with E-state index < -0.39 is 5.97 Å². The maximum absolute atomic E-state index is 11.0. The molecule has 1 fully saturated rings. The summed E-state index contributed by atoms with van der Waals surface area (Å²) < 4.78 is 0. The Morgan fingerprint density at radius 1 is 1.58 bits per heavy atom. The fourth-order valence-electron chi connectivity index (χ4n) is 1.15. The first-order valence-corrected chi connectivity index (χ1v) is 3.93. The smallest absolute Gasteiger partial charge is 0.303 e. The number of rotatable bonds is 3. The second-order valence-corrected chi connectivity index (χ2v) is 2.73. The van der Waals surface area contributed by atoms with Crippen LogP contribution in [0, 0.1) is 0 Å². The average Bonchev–Trinajstić information content (AvgIpc) is 2.03. The molecule has 1 aliphatic heterocycles. The number of carboxylic acid groups (broad SMARTS) is 1. The molecule has 1 aliphatic rings. The Balaban J connectivity index is 2.29. The van der Waals surface area contributed by atoms with Gasteiger partial charge in [0.05, 0.1) is 6.04 Å². The van der Waals surface area contributed by atoms with Gasteiger partial charge in [-0.15, -0.1) is 0 Å². The summed E-state index contributed by atoms with van der Waals surface area (Å²) in [6, 6.07) is -0.324. The van der Waals surface area contributed by atoms with Crippen molar-refractivity contribution in [2.24, 2.45) is 0 Å². The number of hydrogen-bond donors (Lipinski definition) is 3. The van der Waals surface area contributed by atoms with Gasteiger partial charge in [0.2, 0.25) is 5.91 Å². The Bertz CT molecular complexity index is 193. The quantitative estimate of drug-likeness (QED) is 0.507. The molecule has 1 amide bonds. The first-order valence-electron chi connectivity index (χ1n) is 3.93. The number of piperazine rings is 1. The first-order chi connectivity index (χ1) is 5.70. The molecular formula is C7H12N2O3. The summed E-state index contributed by atoms with van der Waals surface area (Å²) in [6.07, 6.45) is 0.395. The molecule has 0 aromatic carbocycles. The highest BCUT2D eigenvalue weighted by molar-refractivity contribution is 5.83. The molecule has 1 heterocycles. The van der Waals surface area contributed by atoms with E-state index in [1.165, 1.54) is 0 Å². The van der Waals surface area contributed by atoms with Gasteiger partial charge < -0.3 is 15.7 Å². The Morgan fingerprint density at radius 2 is 2.33 bits per heavy atom. The third-order valence-corrected chi connectivity index (χ3v) is 1.78. The van der Waals surface area contributed by atoms with Gasteiger partial charge in [-0.2, -0.15) is 0 Å². The minimum atomic E-state index is -0.866. The number of aliphatic carboxylic acids is 1. The van der Waals surface area contributed by atoms with E-state index in [0.717, 1.165) is 6.54 Å². The second kappa shape index (κ2) is 4.06. The van der Waals surface area contributed by atoms with Gasteiger partial charge in [-0.1, -0.05) is 0 Å². The fourth-order valence-corrected chi connectivity index (χ4v) is 1.15. The number of carbonyl (C=O) groups is 2. The fraction of sp³-hybridized carbons (Fsp3) is 0.714. The van der Waals surface area contributed by atoms with Crippen molar-refractivity contribution in [3.8, 4) is 0 Å². The molecule has 1 unspecified atom stereocenters. The van der Waals surface area contributed by atoms with Crippen LogP contribution in [-0.2, 0) is 9.59 Å². The summed E-state index contributed by atoms with van der Waals surface area (Å²) in [4.78, 5) is 21.2. The van der Waals surface area contributed by atoms with E-state index in [1.54, 1.807) is 0 Å². The molecule has 0 spiro atoms. The van der Waals surface area contributed by atoms with Crippen LogP contribution < -0.4 is 10.6 Å². The van der Waals surface area contributed by atoms with Crippen LogP contribution in [0.1, 0.15) is 12.8 Å². The van der Waals surface area contributed by atoms with Crippen molar-refractivity contribution >= 4 is 11.9 Å². The molecule has 3 N–H and O–H groups in total. The van der Waals surface area contributed by atoms with E-state index in [2.05, 4.69) is 10.6 Å². The highest BCUT2D eigenvalue weighted by atomic mass is 16.4. The van der Waals surface area contributed by atoms with Crippen molar-refractivity contribution in [3.63, 3.8) is 0 Å². The van der Waals surface area contributed by atoms with Crippen molar-refractivity contribution in [2.45, 2.75) is 18.9 Å². The summed E-state index contributed by atoms with van der Waals surface area (Å²) in [6.45, 7) is 1.35. The number of carboxylic acids is 1. The molecule has 0 radical (unpaired) electrons. The average molecular weight is 172 g/mol. The topological polar surface area (TPSA) is 78.4 Å². The normalized spacial score (nSPS) is 23.3. The van der Waals surface area contributed by atoms with Gasteiger partial charge in [-0.25, -0.2) is 0 Å². The molecule has 1 atom stereocenters. The Labute approximate surface area is 70.1 Å². The Morgan fingerprint density at radius 3 is 2.92 bits per heavy atom. The highest BCUT2D eigenvalue weighted by Gasteiger charge is 2.21. The molecule has 5 nitrogen and oxygen atoms in total. The van der Waals surface area contributed by atoms with Gasteiger partial charge in [0, 0.05) is 19.5 Å². The van der Waals surface area contributed by atoms with Crippen LogP contribution >= 0.6 is 0 Å². The summed E-state index contributed by atoms with van der Waals surface area (Å²) in [7, 11) is 0. The summed E-state index contributed by atoms with van der Waals surface area (Å²) in [5, 5.41) is 14.0. The molecule has 1 saturated heterocycles. The van der Waals surface area contributed by atoms with Gasteiger partial charge in [0.25, 0.3) is 0 Å². The summed E-state index contributed by atoms with van der Waals surface area (Å²) >= 11 is 0. The lowest BCUT2D eigenvalue weighted by molar-refractivity contribution is -0.137. The lowest BCUT2D eigenvalue weighted by Gasteiger charge is -2.22. The zero-order valence-electron chi connectivity index (χ0n) is 6.67. The molecule has 68 valence electrons. The van der Waals surface area contributed by atoms with Crippen LogP contribution in [0.3, 0.4) is 0 Å². The Hall–Kier alpha value is -1.10. The van der Waals surface area contributed by atoms with E-state index in [1.807, 2.05) is 0 Å². The predicted octanol–water partition coefficient (Wildman–Crippen LogP) is -1.06. The lowest BCUT2D eigenvalue weighted by Crippen LogP contribution is -2.52. The summed E-state index contributed by atoms with van der Waals surface area (Å²) in [5.41, 5.74) is 0. The molecule has 0 bridgehead atoms. The van der Waals surface area contributed by atoms with E-state index >= 15 is 0 Å². The molecule has 0 saturated carbocycles. The number of carbonyl (C=O) groups excluding carboxylic acids is 1. The molecule has 5 heteroatoms. The molecule has 0 aliphatic carbocycles. The molecule has 1 rings (SSSR count). The van der Waals surface area contributed by atoms with Crippen molar-refractivity contribution in [2.75, 3.05) is 13.1 Å². The highest BCUT2D eigenvalue weighted by Crippen LogP contribution is 1.99. The van der Waals surface area contributed by atoms with Crippen molar-refractivity contribution in [1.82, 2.24) is 10.6 Å². The minimum Gasteiger partial charge on any atom is -0.481 e. The van der Waals surface area contributed by atoms with Gasteiger partial charge in [-0.05, 0) is 6.42 Å². The van der Waals surface area contributed by atoms with Gasteiger partial charge in [0.1, 0.15) is 0 Å². The monoisotopic (exact) mass is 172 g/mol. The van der Waals surface area contributed by atoms with Crippen LogP contribution in [-0.4, -0.2) is 36.1 Å². The van der Waals surface area contributed by atoms with E-state index in [0.29, 0.717) is 13.0 Å². The number of hydrogen-bond acceptors (Lipinski definition) is 3. The third-order valence-electron chi connectivity index (χ3n) is 1.78. The van der Waals surface area contributed by atoms with Crippen LogP contribution in [0.25, 0.3) is 0 Å². The second-order valence-electron chi connectivity index (χ2n) is 2.73. The standard InChI is InChI=1S/C7H12N2O3/c10-6(11)2-1-5-7(12)9-4-3-8-5/h5,8H,1-4H2,(H,9,12)(H,10,11). The summed E-state index contributed by atoms with van der Waals surface area (Å²) in [5.74, 6) is -0.960. The van der Waals surface area contributed by atoms with Crippen molar-refractivity contribution < 1.29 is 14.7 Å². The van der Waals surface area contributed by atoms with Gasteiger partial charge in [-0.3, -0.25) is 9.59 Å². The first kappa shape index (κ1) is 8.99. The predicted molar refractivity (Wildman–Crippen MR) is 41.7 cm³/mol. The van der Waals surface area contributed by atoms with E-state index in [9.17, 15) is 9.59 Å². The lowest BCUT2D eigenvalue weighted by atomic mass is 10.1. The molecule has 0 aromatic heterocycles. The zero-order chi connectivity index (χ0) is 8.97. The molecule has 12 heavy (non-hydrogen) atoms. The molecular weight excluding hydrogens is 160 g/mol. The zero-order valence-corrected chi connectivity index (χ0v) is 6.67. The van der Waals surface area contributed by atoms with Crippen LogP contribution in [0.5, 0.6) is 0 Å². The SMILES string of the molecule is O=C(O)CCC1NCCNC1=O.